The third kappa shape index (κ3) is 6.14. The van der Waals surface area contributed by atoms with Gasteiger partial charge in [0, 0.05) is 31.2 Å². The number of hydrogen-bond donors (Lipinski definition) is 1. The number of halogens is 1. The van der Waals surface area contributed by atoms with Gasteiger partial charge in [-0.15, -0.1) is 0 Å². The molecule has 0 radical (unpaired) electrons. The van der Waals surface area contributed by atoms with Crippen molar-refractivity contribution in [3.05, 3.63) is 58.7 Å². The molecule has 1 saturated heterocycles. The van der Waals surface area contributed by atoms with E-state index >= 15 is 0 Å². The minimum atomic E-state index is -1.08. The number of benzene rings is 1. The zero-order chi connectivity index (χ0) is 25.7. The van der Waals surface area contributed by atoms with Gasteiger partial charge in [0.2, 0.25) is 0 Å². The van der Waals surface area contributed by atoms with E-state index in [0.29, 0.717) is 16.9 Å². The maximum Gasteiger partial charge on any atom is 0.351 e. The van der Waals surface area contributed by atoms with Crippen LogP contribution in [0.25, 0.3) is 6.08 Å². The highest BCUT2D eigenvalue weighted by Gasteiger charge is 2.47. The van der Waals surface area contributed by atoms with Gasteiger partial charge in [-0.3, -0.25) is 19.0 Å². The van der Waals surface area contributed by atoms with E-state index in [1.54, 1.807) is 24.3 Å². The van der Waals surface area contributed by atoms with Crippen LogP contribution in [0.1, 0.15) is 36.0 Å². The molecular weight excluding hydrogens is 526 g/mol. The van der Waals surface area contributed by atoms with Crippen LogP contribution in [0.15, 0.2) is 41.8 Å². The van der Waals surface area contributed by atoms with Gasteiger partial charge in [-0.05, 0) is 24.3 Å². The second-order valence-electron chi connectivity index (χ2n) is 7.51. The van der Waals surface area contributed by atoms with Gasteiger partial charge in [0.1, 0.15) is 24.3 Å². The molecule has 1 fully saturated rings. The zero-order valence-electron chi connectivity index (χ0n) is 19.2. The van der Waals surface area contributed by atoms with Crippen LogP contribution in [0.3, 0.4) is 0 Å². The topological polar surface area (TPSA) is 135 Å². The minimum absolute atomic E-state index is 0.00374. The summed E-state index contributed by atoms with van der Waals surface area (Å²) in [6.07, 6.45) is 0.0892. The molecule has 1 N–H and O–H groups in total. The van der Waals surface area contributed by atoms with E-state index in [9.17, 15) is 19.2 Å². The second kappa shape index (κ2) is 11.3. The van der Waals surface area contributed by atoms with Gasteiger partial charge in [-0.1, -0.05) is 28.6 Å². The lowest BCUT2D eigenvalue weighted by Gasteiger charge is -2.22. The summed E-state index contributed by atoms with van der Waals surface area (Å²) in [5, 5.41) is 2.60. The summed E-state index contributed by atoms with van der Waals surface area (Å²) in [7, 11) is 1.51. The number of nitrogens with zero attached hydrogens (tertiary/aromatic N) is 2. The van der Waals surface area contributed by atoms with E-state index in [0.717, 1.165) is 4.57 Å². The van der Waals surface area contributed by atoms with Crippen molar-refractivity contribution in [1.29, 1.82) is 0 Å². The molecule has 2 heterocycles. The van der Waals surface area contributed by atoms with Crippen molar-refractivity contribution in [3.8, 4) is 5.75 Å². The lowest BCUT2D eigenvalue weighted by atomic mass is 10.2. The number of ether oxygens (including phenoxy) is 4. The van der Waals surface area contributed by atoms with Crippen molar-refractivity contribution in [2.45, 2.75) is 37.1 Å². The van der Waals surface area contributed by atoms with Gasteiger partial charge < -0.3 is 24.3 Å². The largest absolute Gasteiger partial charge is 0.497 e. The number of alkyl halides is 1. The van der Waals surface area contributed by atoms with Crippen LogP contribution in [-0.2, 0) is 23.8 Å². The number of carbonyl (C=O) groups is 3. The fraction of sp³-hybridized carbons (Fsp3) is 0.348. The van der Waals surface area contributed by atoms with E-state index in [4.69, 9.17) is 18.9 Å². The zero-order valence-corrected chi connectivity index (χ0v) is 20.8. The summed E-state index contributed by atoms with van der Waals surface area (Å²) in [5.74, 6) is -1.00. The molecular formula is C23H24BrN3O8. The van der Waals surface area contributed by atoms with Crippen LogP contribution < -0.4 is 15.7 Å². The predicted octanol–water partition coefficient (Wildman–Crippen LogP) is 2.30. The van der Waals surface area contributed by atoms with E-state index in [1.807, 2.05) is 0 Å². The lowest BCUT2D eigenvalue weighted by molar-refractivity contribution is -0.153. The molecule has 0 spiro atoms. The Labute approximate surface area is 209 Å². The van der Waals surface area contributed by atoms with E-state index < -0.39 is 46.8 Å². The smallest absolute Gasteiger partial charge is 0.351 e. The third-order valence-electron chi connectivity index (χ3n) is 5.08. The van der Waals surface area contributed by atoms with Gasteiger partial charge >= 0.3 is 17.6 Å². The molecule has 0 unspecified atom stereocenters. The van der Waals surface area contributed by atoms with Crippen LogP contribution in [0.5, 0.6) is 5.75 Å². The number of amides is 1. The highest BCUT2D eigenvalue weighted by atomic mass is 79.9. The van der Waals surface area contributed by atoms with Crippen molar-refractivity contribution in [1.82, 2.24) is 9.55 Å². The fourth-order valence-electron chi connectivity index (χ4n) is 3.41. The van der Waals surface area contributed by atoms with Gasteiger partial charge in [0.15, 0.2) is 12.3 Å². The number of hydrogen-bond acceptors (Lipinski definition) is 9. The molecule has 11 nitrogen and oxygen atoms in total. The highest BCUT2D eigenvalue weighted by Crippen LogP contribution is 2.36. The first-order chi connectivity index (χ1) is 16.6. The normalized spacial score (nSPS) is 21.1. The molecule has 1 amide bonds. The van der Waals surface area contributed by atoms with Crippen molar-refractivity contribution in [3.63, 3.8) is 0 Å². The van der Waals surface area contributed by atoms with Crippen molar-refractivity contribution >= 4 is 45.7 Å². The molecule has 12 heteroatoms. The molecule has 0 bridgehead atoms. The third-order valence-corrected chi connectivity index (χ3v) is 6.19. The monoisotopic (exact) mass is 549 g/mol. The first-order valence-electron chi connectivity index (χ1n) is 10.5. The molecule has 1 aliphatic heterocycles. The Kier molecular flexibility index (Phi) is 8.41. The summed E-state index contributed by atoms with van der Waals surface area (Å²) in [5.41, 5.74) is -0.113. The maximum atomic E-state index is 12.9. The summed E-state index contributed by atoms with van der Waals surface area (Å²) < 4.78 is 22.5. The number of aromatic nitrogens is 2. The van der Waals surface area contributed by atoms with Gasteiger partial charge in [-0.2, -0.15) is 4.98 Å². The summed E-state index contributed by atoms with van der Waals surface area (Å²) in [4.78, 5) is 51.9. The van der Waals surface area contributed by atoms with Crippen LogP contribution in [0.2, 0.25) is 0 Å². The first kappa shape index (κ1) is 26.1. The number of nitrogens with one attached hydrogen (secondary N) is 1. The number of rotatable bonds is 8. The molecule has 1 aromatic carbocycles. The Bertz CT molecular complexity index is 1180. The lowest BCUT2D eigenvalue weighted by Crippen LogP contribution is -2.37. The summed E-state index contributed by atoms with van der Waals surface area (Å²) in [6.45, 7) is 6.08. The van der Waals surface area contributed by atoms with Gasteiger partial charge in [0.25, 0.3) is 5.91 Å². The second-order valence-corrected chi connectivity index (χ2v) is 8.56. The van der Waals surface area contributed by atoms with Crippen molar-refractivity contribution < 1.29 is 33.3 Å². The molecule has 3 rings (SSSR count). The molecule has 186 valence electrons. The first-order valence-corrected chi connectivity index (χ1v) is 11.4. The Morgan fingerprint density at radius 2 is 1.91 bits per heavy atom. The Morgan fingerprint density at radius 1 is 1.23 bits per heavy atom. The van der Waals surface area contributed by atoms with E-state index in [1.165, 1.54) is 33.2 Å². The van der Waals surface area contributed by atoms with Crippen molar-refractivity contribution in [2.75, 3.05) is 19.0 Å². The molecule has 1 aliphatic rings. The van der Waals surface area contributed by atoms with Gasteiger partial charge in [-0.25, -0.2) is 4.79 Å². The average Bonchev–Trinajstić information content (AvgIpc) is 3.12. The quantitative estimate of drug-likeness (QED) is 0.388. The van der Waals surface area contributed by atoms with Crippen LogP contribution in [-0.4, -0.2) is 58.1 Å². The summed E-state index contributed by atoms with van der Waals surface area (Å²) >= 11 is 3.42. The Morgan fingerprint density at radius 3 is 2.49 bits per heavy atom. The number of carbonyl (C=O) groups excluding carboxylic acids is 3. The van der Waals surface area contributed by atoms with Crippen molar-refractivity contribution in [2.24, 2.45) is 0 Å². The molecule has 0 aliphatic carbocycles. The SMILES string of the molecule is C=Cc1cn([C@@H]2O[C@H](COC(C)=O)[C@H](Br)[C@H]2OC(C)=O)c(=O)nc1NC(=O)c1ccc(OC)cc1. The van der Waals surface area contributed by atoms with E-state index in [2.05, 4.69) is 32.8 Å². The fourth-order valence-corrected chi connectivity index (χ4v) is 4.05. The maximum absolute atomic E-state index is 12.9. The van der Waals surface area contributed by atoms with E-state index in [-0.39, 0.29) is 12.4 Å². The van der Waals surface area contributed by atoms with Gasteiger partial charge in [0.05, 0.1) is 11.9 Å². The number of methoxy groups -OCH3 is 1. The van der Waals surface area contributed by atoms with Crippen LogP contribution in [0.4, 0.5) is 5.82 Å². The molecule has 1 aromatic heterocycles. The van der Waals surface area contributed by atoms with Crippen LogP contribution >= 0.6 is 15.9 Å². The minimum Gasteiger partial charge on any atom is -0.497 e. The highest BCUT2D eigenvalue weighted by molar-refractivity contribution is 9.09. The summed E-state index contributed by atoms with van der Waals surface area (Å²) in [6, 6.07) is 6.39. The average molecular weight is 550 g/mol. The standard InChI is InChI=1S/C23H24BrN3O8/c1-5-14-10-27(22-19(34-13(3)29)18(24)17(35-22)11-33-12(2)28)23(31)26-20(14)25-21(30)15-6-8-16(32-4)9-7-15/h5-10,17-19,22H,1,11H2,2-4H3,(H,25,26,30,31)/t17-,18+,19-,22-/m1/s1. The molecule has 2 aromatic rings. The Hall–Kier alpha value is -3.51. The number of esters is 2. The molecule has 35 heavy (non-hydrogen) atoms. The van der Waals surface area contributed by atoms with Crippen LogP contribution in [0, 0.1) is 0 Å². The molecule has 4 atom stereocenters. The molecule has 0 saturated carbocycles. The predicted molar refractivity (Wildman–Crippen MR) is 128 cm³/mol. The number of anilines is 1. The Balaban J connectivity index is 1.90.